The molecule has 1 aromatic rings. The van der Waals surface area contributed by atoms with E-state index < -0.39 is 21.8 Å². The van der Waals surface area contributed by atoms with Gasteiger partial charge in [0, 0.05) is 19.0 Å². The molecule has 1 aromatic heterocycles. The lowest BCUT2D eigenvalue weighted by molar-refractivity contribution is -0.123. The Kier molecular flexibility index (Phi) is 4.31. The monoisotopic (exact) mass is 315 g/mol. The molecule has 0 bridgehead atoms. The molecule has 1 N–H and O–H groups in total. The molecule has 1 fully saturated rings. The van der Waals surface area contributed by atoms with Crippen molar-refractivity contribution in [2.24, 2.45) is 0 Å². The average Bonchev–Trinajstić information content (AvgIpc) is 2.92. The van der Waals surface area contributed by atoms with Gasteiger partial charge in [0.15, 0.2) is 15.7 Å². The molecule has 2 rings (SSSR count). The summed E-state index contributed by atoms with van der Waals surface area (Å²) in [5.41, 5.74) is 0. The van der Waals surface area contributed by atoms with Crippen molar-refractivity contribution in [2.45, 2.75) is 26.3 Å². The van der Waals surface area contributed by atoms with Gasteiger partial charge < -0.3 is 9.84 Å². The molecule has 2 amide bonds. The van der Waals surface area contributed by atoms with Crippen molar-refractivity contribution < 1.29 is 22.5 Å². The van der Waals surface area contributed by atoms with Gasteiger partial charge in [-0.3, -0.25) is 14.5 Å². The molecule has 116 valence electrons. The third-order valence-electron chi connectivity index (χ3n) is 3.17. The van der Waals surface area contributed by atoms with Crippen molar-refractivity contribution in [2.75, 3.05) is 23.0 Å². The van der Waals surface area contributed by atoms with Crippen LogP contribution in [0.1, 0.15) is 19.1 Å². The summed E-state index contributed by atoms with van der Waals surface area (Å²) in [6.45, 7) is 2.77. The number of aryl methyl sites for hydroxylation is 1. The zero-order valence-electron chi connectivity index (χ0n) is 11.8. The lowest BCUT2D eigenvalue weighted by Crippen LogP contribution is -2.44. The summed E-state index contributed by atoms with van der Waals surface area (Å²) in [4.78, 5) is 24.7. The highest BCUT2D eigenvalue weighted by Crippen LogP contribution is 2.14. The van der Waals surface area contributed by atoms with Crippen molar-refractivity contribution in [1.82, 2.24) is 10.5 Å². The van der Waals surface area contributed by atoms with Gasteiger partial charge in [0.05, 0.1) is 11.5 Å². The fraction of sp³-hybridized carbons (Fsp3) is 0.583. The van der Waals surface area contributed by atoms with Crippen LogP contribution in [0, 0.1) is 6.92 Å². The van der Waals surface area contributed by atoms with E-state index in [9.17, 15) is 18.0 Å². The summed E-state index contributed by atoms with van der Waals surface area (Å²) in [5.74, 6) is 0.0387. The second kappa shape index (κ2) is 5.84. The van der Waals surface area contributed by atoms with Gasteiger partial charge in [-0.05, 0) is 13.3 Å². The summed E-state index contributed by atoms with van der Waals surface area (Å²) >= 11 is 0. The zero-order chi connectivity index (χ0) is 15.6. The smallest absolute Gasteiger partial charge is 0.240 e. The average molecular weight is 315 g/mol. The van der Waals surface area contributed by atoms with Gasteiger partial charge in [-0.1, -0.05) is 5.16 Å². The molecule has 21 heavy (non-hydrogen) atoms. The van der Waals surface area contributed by atoms with Gasteiger partial charge in [0.2, 0.25) is 11.8 Å². The Morgan fingerprint density at radius 1 is 1.52 bits per heavy atom. The first-order valence-electron chi connectivity index (χ1n) is 6.48. The lowest BCUT2D eigenvalue weighted by atomic mass is 10.2. The Bertz CT molecular complexity index is 652. The van der Waals surface area contributed by atoms with Crippen LogP contribution < -0.4 is 10.2 Å². The SMILES string of the molecule is CC(=O)N(CC(=O)NC1CCS(=O)(=O)C1)c1cc(C)on1. The van der Waals surface area contributed by atoms with E-state index in [1.165, 1.54) is 11.8 Å². The number of carbonyl (C=O) groups excluding carboxylic acids is 2. The highest BCUT2D eigenvalue weighted by molar-refractivity contribution is 7.91. The lowest BCUT2D eigenvalue weighted by Gasteiger charge is -2.18. The van der Waals surface area contributed by atoms with E-state index in [-0.39, 0.29) is 29.8 Å². The Labute approximate surface area is 122 Å². The van der Waals surface area contributed by atoms with Crippen molar-refractivity contribution in [3.63, 3.8) is 0 Å². The molecule has 1 aliphatic rings. The quantitative estimate of drug-likeness (QED) is 0.812. The van der Waals surface area contributed by atoms with Crippen LogP contribution in [-0.2, 0) is 19.4 Å². The molecule has 0 spiro atoms. The van der Waals surface area contributed by atoms with E-state index in [1.807, 2.05) is 0 Å². The van der Waals surface area contributed by atoms with Crippen molar-refractivity contribution in [1.29, 1.82) is 0 Å². The third kappa shape index (κ3) is 4.03. The molecule has 0 aliphatic carbocycles. The minimum Gasteiger partial charge on any atom is -0.360 e. The maximum Gasteiger partial charge on any atom is 0.240 e. The number of aromatic nitrogens is 1. The summed E-state index contributed by atoms with van der Waals surface area (Å²) in [7, 11) is -3.06. The molecular weight excluding hydrogens is 298 g/mol. The number of hydrogen-bond donors (Lipinski definition) is 1. The summed E-state index contributed by atoms with van der Waals surface area (Å²) in [6.07, 6.45) is 0.400. The Hall–Kier alpha value is -1.90. The van der Waals surface area contributed by atoms with Crippen LogP contribution >= 0.6 is 0 Å². The minimum atomic E-state index is -3.06. The van der Waals surface area contributed by atoms with Crippen LogP contribution in [0.25, 0.3) is 0 Å². The van der Waals surface area contributed by atoms with Gasteiger partial charge in [0.25, 0.3) is 0 Å². The number of rotatable bonds is 4. The molecule has 1 aliphatic heterocycles. The predicted molar refractivity (Wildman–Crippen MR) is 74.5 cm³/mol. The van der Waals surface area contributed by atoms with E-state index in [4.69, 9.17) is 4.52 Å². The predicted octanol–water partition coefficient (Wildman–Crippen LogP) is -0.361. The normalized spacial score (nSPS) is 20.2. The van der Waals surface area contributed by atoms with Gasteiger partial charge in [-0.15, -0.1) is 0 Å². The van der Waals surface area contributed by atoms with Crippen LogP contribution in [0.2, 0.25) is 0 Å². The Balaban J connectivity index is 1.98. The maximum absolute atomic E-state index is 11.9. The van der Waals surface area contributed by atoms with E-state index in [0.717, 1.165) is 0 Å². The Morgan fingerprint density at radius 2 is 2.24 bits per heavy atom. The number of anilines is 1. The zero-order valence-corrected chi connectivity index (χ0v) is 12.6. The fourth-order valence-electron chi connectivity index (χ4n) is 2.16. The van der Waals surface area contributed by atoms with Crippen LogP contribution in [0.4, 0.5) is 5.82 Å². The van der Waals surface area contributed by atoms with E-state index in [2.05, 4.69) is 10.5 Å². The summed E-state index contributed by atoms with van der Waals surface area (Å²) in [5, 5.41) is 6.33. The number of sulfone groups is 1. The van der Waals surface area contributed by atoms with Crippen LogP contribution in [0.15, 0.2) is 10.6 Å². The summed E-state index contributed by atoms with van der Waals surface area (Å²) < 4.78 is 27.6. The third-order valence-corrected chi connectivity index (χ3v) is 4.94. The topological polar surface area (TPSA) is 110 Å². The molecular formula is C12H17N3O5S. The number of amides is 2. The number of carbonyl (C=O) groups is 2. The first-order chi connectivity index (χ1) is 9.77. The molecule has 1 saturated heterocycles. The van der Waals surface area contributed by atoms with Crippen molar-refractivity contribution >= 4 is 27.5 Å². The van der Waals surface area contributed by atoms with E-state index >= 15 is 0 Å². The molecule has 9 heteroatoms. The van der Waals surface area contributed by atoms with Crippen LogP contribution in [0.5, 0.6) is 0 Å². The van der Waals surface area contributed by atoms with Crippen molar-refractivity contribution in [3.05, 3.63) is 11.8 Å². The number of nitrogens with zero attached hydrogens (tertiary/aromatic N) is 2. The minimum absolute atomic E-state index is 0.0537. The van der Waals surface area contributed by atoms with Crippen LogP contribution in [0.3, 0.4) is 0 Å². The maximum atomic E-state index is 11.9. The number of hydrogen-bond acceptors (Lipinski definition) is 6. The van der Waals surface area contributed by atoms with Gasteiger partial charge >= 0.3 is 0 Å². The van der Waals surface area contributed by atoms with E-state index in [1.54, 1.807) is 13.0 Å². The molecule has 8 nitrogen and oxygen atoms in total. The second-order valence-electron chi connectivity index (χ2n) is 5.07. The Morgan fingerprint density at radius 3 is 2.71 bits per heavy atom. The molecule has 1 unspecified atom stereocenters. The number of nitrogens with one attached hydrogen (secondary N) is 1. The van der Waals surface area contributed by atoms with Gasteiger partial charge in [-0.2, -0.15) is 0 Å². The molecule has 0 aromatic carbocycles. The van der Waals surface area contributed by atoms with E-state index in [0.29, 0.717) is 12.2 Å². The molecule has 0 saturated carbocycles. The molecule has 1 atom stereocenters. The largest absolute Gasteiger partial charge is 0.360 e. The molecule has 0 radical (unpaired) electrons. The second-order valence-corrected chi connectivity index (χ2v) is 7.30. The van der Waals surface area contributed by atoms with Crippen molar-refractivity contribution in [3.8, 4) is 0 Å². The highest BCUT2D eigenvalue weighted by atomic mass is 32.2. The fourth-order valence-corrected chi connectivity index (χ4v) is 3.83. The standard InChI is InChI=1S/C12H17N3O5S/c1-8-5-11(14-20-8)15(9(2)16)6-12(17)13-10-3-4-21(18,19)7-10/h5,10H,3-4,6-7H2,1-2H3,(H,13,17). The highest BCUT2D eigenvalue weighted by Gasteiger charge is 2.29. The van der Waals surface area contributed by atoms with Gasteiger partial charge in [-0.25, -0.2) is 8.42 Å². The molecule has 2 heterocycles. The van der Waals surface area contributed by atoms with Gasteiger partial charge in [0.1, 0.15) is 12.3 Å². The summed E-state index contributed by atoms with van der Waals surface area (Å²) in [6, 6.07) is 1.16. The van der Waals surface area contributed by atoms with Crippen LogP contribution in [-0.4, -0.2) is 49.5 Å². The first kappa shape index (κ1) is 15.5. The first-order valence-corrected chi connectivity index (χ1v) is 8.30.